The lowest BCUT2D eigenvalue weighted by Crippen LogP contribution is -2.21. The molecule has 3 heterocycles. The predicted molar refractivity (Wildman–Crippen MR) is 88.7 cm³/mol. The lowest BCUT2D eigenvalue weighted by atomic mass is 10.1. The van der Waals surface area contributed by atoms with E-state index in [0.29, 0.717) is 23.6 Å². The lowest BCUT2D eigenvalue weighted by Gasteiger charge is -2.07. The fourth-order valence-corrected chi connectivity index (χ4v) is 2.59. The Morgan fingerprint density at radius 3 is 2.92 bits per heavy atom. The van der Waals surface area contributed by atoms with Crippen LogP contribution < -0.4 is 9.72 Å². The standard InChI is InChI=1S/C18H14FN5/c19-15-6-2-1-5-14(15)16-12-24-9-8-21-18(24)17(23-16)22-11-13-4-3-7-20-10-13/h1-10,12H,11H2,(H,22,23)/p+1. The van der Waals surface area contributed by atoms with Gasteiger partial charge in [0.25, 0.3) is 0 Å². The molecule has 0 bridgehead atoms. The molecule has 118 valence electrons. The molecule has 4 aromatic rings. The topological polar surface area (TPSA) is 57.7 Å². The van der Waals surface area contributed by atoms with E-state index in [0.717, 1.165) is 11.2 Å². The van der Waals surface area contributed by atoms with Crippen molar-refractivity contribution in [1.29, 1.82) is 0 Å². The highest BCUT2D eigenvalue weighted by Crippen LogP contribution is 2.22. The quantitative estimate of drug-likeness (QED) is 0.568. The maximum absolute atomic E-state index is 14.1. The van der Waals surface area contributed by atoms with Gasteiger partial charge in [-0.05, 0) is 23.8 Å². The van der Waals surface area contributed by atoms with Crippen molar-refractivity contribution in [3.05, 3.63) is 78.8 Å². The molecule has 5 nitrogen and oxygen atoms in total. The highest BCUT2D eigenvalue weighted by Gasteiger charge is 2.16. The maximum Gasteiger partial charge on any atom is 0.327 e. The second-order valence-electron chi connectivity index (χ2n) is 5.39. The molecule has 3 aromatic heterocycles. The normalized spacial score (nSPS) is 10.9. The average molecular weight is 320 g/mol. The summed E-state index contributed by atoms with van der Waals surface area (Å²) in [6.07, 6.45) is 9.03. The van der Waals surface area contributed by atoms with Gasteiger partial charge in [0.15, 0.2) is 0 Å². The number of fused-ring (bicyclic) bond motifs is 1. The molecule has 1 aromatic carbocycles. The van der Waals surface area contributed by atoms with Gasteiger partial charge in [-0.2, -0.15) is 4.40 Å². The van der Waals surface area contributed by atoms with Crippen molar-refractivity contribution < 1.29 is 8.79 Å². The van der Waals surface area contributed by atoms with Crippen LogP contribution in [0.2, 0.25) is 0 Å². The van der Waals surface area contributed by atoms with E-state index in [9.17, 15) is 4.39 Å². The fraction of sp³-hybridized carbons (Fsp3) is 0.0556. The number of nitrogens with one attached hydrogen (secondary N) is 2. The Bertz CT molecular complexity index is 981. The van der Waals surface area contributed by atoms with E-state index in [1.807, 2.05) is 28.9 Å². The first-order chi connectivity index (χ1) is 11.8. The minimum atomic E-state index is -0.293. The molecule has 0 radical (unpaired) electrons. The van der Waals surface area contributed by atoms with Crippen LogP contribution in [-0.2, 0) is 6.54 Å². The summed E-state index contributed by atoms with van der Waals surface area (Å²) in [7, 11) is 0. The number of benzene rings is 1. The molecule has 0 aliphatic rings. The minimum absolute atomic E-state index is 0.293. The van der Waals surface area contributed by atoms with Crippen molar-refractivity contribution in [2.75, 3.05) is 5.32 Å². The first kappa shape index (κ1) is 14.3. The number of imidazole rings is 1. The van der Waals surface area contributed by atoms with E-state index >= 15 is 0 Å². The Kier molecular flexibility index (Phi) is 3.63. The molecule has 0 fully saturated rings. The van der Waals surface area contributed by atoms with Gasteiger partial charge < -0.3 is 5.32 Å². The summed E-state index contributed by atoms with van der Waals surface area (Å²) < 4.78 is 16.0. The Morgan fingerprint density at radius 1 is 1.17 bits per heavy atom. The van der Waals surface area contributed by atoms with E-state index < -0.39 is 0 Å². The van der Waals surface area contributed by atoms with E-state index in [1.165, 1.54) is 6.07 Å². The average Bonchev–Trinajstić information content (AvgIpc) is 3.09. The molecule has 0 amide bonds. The van der Waals surface area contributed by atoms with Gasteiger partial charge in [0.1, 0.15) is 30.1 Å². The van der Waals surface area contributed by atoms with Crippen LogP contribution in [0.1, 0.15) is 5.56 Å². The zero-order valence-corrected chi connectivity index (χ0v) is 12.8. The highest BCUT2D eigenvalue weighted by molar-refractivity contribution is 5.65. The second-order valence-corrected chi connectivity index (χ2v) is 5.39. The summed E-state index contributed by atoms with van der Waals surface area (Å²) in [5.41, 5.74) is 2.90. The van der Waals surface area contributed by atoms with E-state index in [-0.39, 0.29) is 5.82 Å². The van der Waals surface area contributed by atoms with Crippen molar-refractivity contribution in [2.24, 2.45) is 0 Å². The van der Waals surface area contributed by atoms with Gasteiger partial charge in [-0.1, -0.05) is 18.2 Å². The molecule has 4 rings (SSSR count). The predicted octanol–water partition coefficient (Wildman–Crippen LogP) is 2.96. The van der Waals surface area contributed by atoms with Crippen LogP contribution in [0.3, 0.4) is 0 Å². The van der Waals surface area contributed by atoms with E-state index in [4.69, 9.17) is 0 Å². The molecule has 24 heavy (non-hydrogen) atoms. The Labute approximate surface area is 137 Å². The van der Waals surface area contributed by atoms with Crippen LogP contribution in [0.15, 0.2) is 67.4 Å². The third-order valence-corrected chi connectivity index (χ3v) is 3.76. The van der Waals surface area contributed by atoms with Gasteiger partial charge in [0.2, 0.25) is 5.82 Å². The first-order valence-electron chi connectivity index (χ1n) is 7.58. The third kappa shape index (κ3) is 2.69. The number of nitrogens with zero attached hydrogens (tertiary/aromatic N) is 3. The molecule has 0 aliphatic carbocycles. The fourth-order valence-electron chi connectivity index (χ4n) is 2.59. The molecule has 0 atom stereocenters. The van der Waals surface area contributed by atoms with Gasteiger partial charge in [0, 0.05) is 24.5 Å². The Morgan fingerprint density at radius 2 is 2.08 bits per heavy atom. The maximum atomic E-state index is 14.1. The molecule has 2 N–H and O–H groups in total. The minimum Gasteiger partial charge on any atom is -0.359 e. The molecule has 0 aliphatic heterocycles. The van der Waals surface area contributed by atoms with Crippen molar-refractivity contribution >= 4 is 11.5 Å². The van der Waals surface area contributed by atoms with Crippen LogP contribution in [0.25, 0.3) is 16.9 Å². The van der Waals surface area contributed by atoms with Crippen molar-refractivity contribution in [1.82, 2.24) is 15.0 Å². The summed E-state index contributed by atoms with van der Waals surface area (Å²) in [4.78, 5) is 11.8. The molecule has 0 saturated carbocycles. The highest BCUT2D eigenvalue weighted by atomic mass is 19.1. The van der Waals surface area contributed by atoms with Crippen LogP contribution in [-0.4, -0.2) is 15.0 Å². The van der Waals surface area contributed by atoms with Gasteiger partial charge >= 0.3 is 5.65 Å². The van der Waals surface area contributed by atoms with Gasteiger partial charge in [0.05, 0.1) is 0 Å². The molecule has 6 heteroatoms. The molecular formula is C18H15FN5+. The van der Waals surface area contributed by atoms with Crippen LogP contribution >= 0.6 is 0 Å². The number of hydrogen-bond acceptors (Lipinski definition) is 3. The van der Waals surface area contributed by atoms with Gasteiger partial charge in [-0.15, -0.1) is 0 Å². The number of pyridine rings is 1. The SMILES string of the molecule is Fc1ccccc1-c1c[n+]2cc[nH]c2c(NCc2cccnc2)n1. The molecule has 0 unspecified atom stereocenters. The summed E-state index contributed by atoms with van der Waals surface area (Å²) in [5, 5.41) is 3.29. The number of rotatable bonds is 4. The molecular weight excluding hydrogens is 305 g/mol. The second kappa shape index (κ2) is 6.08. The summed E-state index contributed by atoms with van der Waals surface area (Å²) >= 11 is 0. The van der Waals surface area contributed by atoms with Crippen LogP contribution in [0, 0.1) is 5.82 Å². The monoisotopic (exact) mass is 320 g/mol. The molecule has 0 spiro atoms. The van der Waals surface area contributed by atoms with Crippen molar-refractivity contribution in [3.63, 3.8) is 0 Å². The van der Waals surface area contributed by atoms with Gasteiger partial charge in [-0.25, -0.2) is 14.4 Å². The summed E-state index contributed by atoms with van der Waals surface area (Å²) in [6.45, 7) is 0.580. The number of aromatic amines is 1. The number of H-pyrrole nitrogens is 1. The van der Waals surface area contributed by atoms with Crippen LogP contribution in [0.5, 0.6) is 0 Å². The summed E-state index contributed by atoms with van der Waals surface area (Å²) in [5.74, 6) is 0.364. The zero-order chi connectivity index (χ0) is 16.4. The number of halogens is 1. The Hall–Kier alpha value is -3.28. The zero-order valence-electron chi connectivity index (χ0n) is 12.8. The first-order valence-corrected chi connectivity index (χ1v) is 7.58. The lowest BCUT2D eigenvalue weighted by molar-refractivity contribution is -0.509. The van der Waals surface area contributed by atoms with Gasteiger partial charge in [-0.3, -0.25) is 4.98 Å². The molecule has 0 saturated heterocycles. The van der Waals surface area contributed by atoms with Crippen molar-refractivity contribution in [3.8, 4) is 11.3 Å². The van der Waals surface area contributed by atoms with Crippen LogP contribution in [0.4, 0.5) is 10.2 Å². The van der Waals surface area contributed by atoms with E-state index in [1.54, 1.807) is 36.8 Å². The largest absolute Gasteiger partial charge is 0.359 e. The number of hydrogen-bond donors (Lipinski definition) is 2. The summed E-state index contributed by atoms with van der Waals surface area (Å²) in [6, 6.07) is 10.5. The smallest absolute Gasteiger partial charge is 0.327 e. The van der Waals surface area contributed by atoms with E-state index in [2.05, 4.69) is 20.3 Å². The number of anilines is 1. The van der Waals surface area contributed by atoms with Crippen molar-refractivity contribution in [2.45, 2.75) is 6.54 Å². The third-order valence-electron chi connectivity index (χ3n) is 3.76. The number of aromatic nitrogens is 4. The Balaban J connectivity index is 1.74.